The predicted molar refractivity (Wildman–Crippen MR) is 51.3 cm³/mol. The van der Waals surface area contributed by atoms with Crippen LogP contribution in [0, 0.1) is 25.5 Å². The van der Waals surface area contributed by atoms with E-state index in [1.54, 1.807) is 6.92 Å². The maximum Gasteiger partial charge on any atom is 0.130 e. The highest BCUT2D eigenvalue weighted by atomic mass is 19.1. The van der Waals surface area contributed by atoms with Crippen LogP contribution >= 0.6 is 0 Å². The largest absolute Gasteiger partial charge is 0.396 e. The van der Waals surface area contributed by atoms with Crippen LogP contribution in [0.15, 0.2) is 6.07 Å². The van der Waals surface area contributed by atoms with Crippen molar-refractivity contribution in [1.29, 1.82) is 0 Å². The highest BCUT2D eigenvalue weighted by Gasteiger charge is 2.17. The molecule has 0 saturated heterocycles. The van der Waals surface area contributed by atoms with Gasteiger partial charge in [0.1, 0.15) is 11.6 Å². The van der Waals surface area contributed by atoms with Crippen molar-refractivity contribution in [2.45, 2.75) is 26.7 Å². The summed E-state index contributed by atoms with van der Waals surface area (Å²) in [6.07, 6.45) is 0. The van der Waals surface area contributed by atoms with Gasteiger partial charge in [0.25, 0.3) is 0 Å². The van der Waals surface area contributed by atoms with Gasteiger partial charge in [0.15, 0.2) is 0 Å². The molecule has 0 saturated carbocycles. The molecule has 0 bridgehead atoms. The molecule has 78 valence electrons. The lowest BCUT2D eigenvalue weighted by Gasteiger charge is -2.15. The number of rotatable bonds is 2. The van der Waals surface area contributed by atoms with Gasteiger partial charge in [-0.05, 0) is 36.6 Å². The second kappa shape index (κ2) is 4.05. The third-order valence-corrected chi connectivity index (χ3v) is 2.45. The van der Waals surface area contributed by atoms with Gasteiger partial charge in [0, 0.05) is 12.5 Å². The van der Waals surface area contributed by atoms with Crippen LogP contribution in [-0.4, -0.2) is 11.7 Å². The molecule has 1 aromatic rings. The number of aliphatic hydroxyl groups is 1. The number of hydrogen-bond donors (Lipinski definition) is 1. The summed E-state index contributed by atoms with van der Waals surface area (Å²) in [6.45, 7) is 4.54. The van der Waals surface area contributed by atoms with Crippen LogP contribution in [0.2, 0.25) is 0 Å². The van der Waals surface area contributed by atoms with Crippen LogP contribution < -0.4 is 0 Å². The molecule has 1 unspecified atom stereocenters. The standard InChI is InChI=1S/C11H14F2O/c1-6-4-9(12)8(3)10(11(6)13)7(2)5-14/h4,7,14H,5H2,1-3H3. The lowest BCUT2D eigenvalue weighted by atomic mass is 9.94. The Morgan fingerprint density at radius 2 is 1.93 bits per heavy atom. The normalized spacial score (nSPS) is 13.0. The van der Waals surface area contributed by atoms with E-state index in [1.807, 2.05) is 0 Å². The number of aryl methyl sites for hydroxylation is 1. The lowest BCUT2D eigenvalue weighted by Crippen LogP contribution is -2.08. The molecule has 1 rings (SSSR count). The third-order valence-electron chi connectivity index (χ3n) is 2.45. The van der Waals surface area contributed by atoms with E-state index in [4.69, 9.17) is 5.11 Å². The summed E-state index contributed by atoms with van der Waals surface area (Å²) in [7, 11) is 0. The van der Waals surface area contributed by atoms with E-state index < -0.39 is 11.6 Å². The summed E-state index contributed by atoms with van der Waals surface area (Å²) in [4.78, 5) is 0. The molecule has 0 aliphatic carbocycles. The fourth-order valence-electron chi connectivity index (χ4n) is 1.54. The summed E-state index contributed by atoms with van der Waals surface area (Å²) in [5.74, 6) is -1.20. The Kier molecular flexibility index (Phi) is 3.21. The highest BCUT2D eigenvalue weighted by molar-refractivity contribution is 5.36. The van der Waals surface area contributed by atoms with Crippen molar-refractivity contribution in [3.63, 3.8) is 0 Å². The average Bonchev–Trinajstić information content (AvgIpc) is 2.15. The van der Waals surface area contributed by atoms with E-state index in [0.717, 1.165) is 0 Å². The molecular formula is C11H14F2O. The van der Waals surface area contributed by atoms with E-state index in [1.165, 1.54) is 19.9 Å². The lowest BCUT2D eigenvalue weighted by molar-refractivity contribution is 0.269. The number of benzene rings is 1. The van der Waals surface area contributed by atoms with E-state index in [9.17, 15) is 8.78 Å². The fourth-order valence-corrected chi connectivity index (χ4v) is 1.54. The zero-order valence-electron chi connectivity index (χ0n) is 8.56. The van der Waals surface area contributed by atoms with Gasteiger partial charge in [-0.3, -0.25) is 0 Å². The van der Waals surface area contributed by atoms with Crippen molar-refractivity contribution in [3.05, 3.63) is 34.4 Å². The van der Waals surface area contributed by atoms with Crippen molar-refractivity contribution in [2.75, 3.05) is 6.61 Å². The fraction of sp³-hybridized carbons (Fsp3) is 0.455. The van der Waals surface area contributed by atoms with Crippen LogP contribution in [-0.2, 0) is 0 Å². The molecule has 1 nitrogen and oxygen atoms in total. The Labute approximate surface area is 82.4 Å². The first-order valence-electron chi connectivity index (χ1n) is 4.55. The molecule has 0 amide bonds. The molecule has 0 fully saturated rings. The van der Waals surface area contributed by atoms with Crippen LogP contribution in [0.4, 0.5) is 8.78 Å². The molecular weight excluding hydrogens is 186 g/mol. The monoisotopic (exact) mass is 200 g/mol. The summed E-state index contributed by atoms with van der Waals surface area (Å²) in [5, 5.41) is 8.93. The number of aliphatic hydroxyl groups excluding tert-OH is 1. The third kappa shape index (κ3) is 1.77. The smallest absolute Gasteiger partial charge is 0.130 e. The maximum atomic E-state index is 13.6. The van der Waals surface area contributed by atoms with Crippen molar-refractivity contribution >= 4 is 0 Å². The Balaban J connectivity index is 3.39. The summed E-state index contributed by atoms with van der Waals surface area (Å²) >= 11 is 0. The van der Waals surface area contributed by atoms with Gasteiger partial charge < -0.3 is 5.11 Å². The average molecular weight is 200 g/mol. The van der Waals surface area contributed by atoms with Gasteiger partial charge in [-0.25, -0.2) is 8.78 Å². The van der Waals surface area contributed by atoms with Crippen molar-refractivity contribution < 1.29 is 13.9 Å². The Bertz CT molecular complexity index is 321. The zero-order valence-corrected chi connectivity index (χ0v) is 8.56. The second-order valence-electron chi connectivity index (χ2n) is 3.61. The first kappa shape index (κ1) is 11.1. The van der Waals surface area contributed by atoms with E-state index in [0.29, 0.717) is 0 Å². The number of hydrogen-bond acceptors (Lipinski definition) is 1. The molecule has 0 aliphatic heterocycles. The van der Waals surface area contributed by atoms with Gasteiger partial charge in [-0.15, -0.1) is 0 Å². The minimum Gasteiger partial charge on any atom is -0.396 e. The van der Waals surface area contributed by atoms with Gasteiger partial charge in [0.2, 0.25) is 0 Å². The minimum atomic E-state index is -0.417. The van der Waals surface area contributed by atoms with Crippen molar-refractivity contribution in [2.24, 2.45) is 0 Å². The van der Waals surface area contributed by atoms with E-state index in [2.05, 4.69) is 0 Å². The summed E-state index contributed by atoms with van der Waals surface area (Å²) in [5.41, 5.74) is 0.850. The van der Waals surface area contributed by atoms with E-state index in [-0.39, 0.29) is 29.2 Å². The molecule has 1 aromatic carbocycles. The van der Waals surface area contributed by atoms with Crippen LogP contribution in [0.3, 0.4) is 0 Å². The number of halogens is 2. The first-order valence-corrected chi connectivity index (χ1v) is 4.55. The molecule has 1 atom stereocenters. The molecule has 0 aromatic heterocycles. The van der Waals surface area contributed by atoms with Crippen LogP contribution in [0.25, 0.3) is 0 Å². The predicted octanol–water partition coefficient (Wildman–Crippen LogP) is 2.68. The second-order valence-corrected chi connectivity index (χ2v) is 3.61. The SMILES string of the molecule is Cc1cc(F)c(C)c(C(C)CO)c1F. The van der Waals surface area contributed by atoms with Crippen LogP contribution in [0.5, 0.6) is 0 Å². The Morgan fingerprint density at radius 1 is 1.36 bits per heavy atom. The Morgan fingerprint density at radius 3 is 2.43 bits per heavy atom. The van der Waals surface area contributed by atoms with Gasteiger partial charge in [-0.2, -0.15) is 0 Å². The van der Waals surface area contributed by atoms with E-state index >= 15 is 0 Å². The van der Waals surface area contributed by atoms with Crippen molar-refractivity contribution in [1.82, 2.24) is 0 Å². The Hall–Kier alpha value is -0.960. The first-order chi connectivity index (χ1) is 6.49. The molecule has 0 aliphatic rings. The molecule has 3 heteroatoms. The molecule has 0 spiro atoms. The maximum absolute atomic E-state index is 13.6. The van der Waals surface area contributed by atoms with Gasteiger partial charge in [-0.1, -0.05) is 6.92 Å². The molecule has 0 heterocycles. The zero-order chi connectivity index (χ0) is 10.9. The highest BCUT2D eigenvalue weighted by Crippen LogP contribution is 2.26. The molecule has 0 radical (unpaired) electrons. The van der Waals surface area contributed by atoms with Crippen molar-refractivity contribution in [3.8, 4) is 0 Å². The van der Waals surface area contributed by atoms with Gasteiger partial charge >= 0.3 is 0 Å². The van der Waals surface area contributed by atoms with Crippen LogP contribution in [0.1, 0.15) is 29.5 Å². The minimum absolute atomic E-state index is 0.180. The summed E-state index contributed by atoms with van der Waals surface area (Å²) < 4.78 is 26.9. The quantitative estimate of drug-likeness (QED) is 0.778. The molecule has 14 heavy (non-hydrogen) atoms. The topological polar surface area (TPSA) is 20.2 Å². The summed E-state index contributed by atoms with van der Waals surface area (Å²) in [6, 6.07) is 1.18. The van der Waals surface area contributed by atoms with Gasteiger partial charge in [0.05, 0.1) is 0 Å². The molecule has 1 N–H and O–H groups in total.